The van der Waals surface area contributed by atoms with E-state index >= 15 is 0 Å². The summed E-state index contributed by atoms with van der Waals surface area (Å²) in [6, 6.07) is 2.23. The summed E-state index contributed by atoms with van der Waals surface area (Å²) in [5, 5.41) is 18.6. The third kappa shape index (κ3) is 4.87. The lowest BCUT2D eigenvalue weighted by molar-refractivity contribution is 0.0941. The predicted molar refractivity (Wildman–Crippen MR) is 104 cm³/mol. The summed E-state index contributed by atoms with van der Waals surface area (Å²) in [5.74, 6) is 0.821. The average molecular weight is 397 g/mol. The van der Waals surface area contributed by atoms with Gasteiger partial charge in [-0.3, -0.25) is 4.79 Å². The summed E-state index contributed by atoms with van der Waals surface area (Å²) in [6.07, 6.45) is 4.05. The van der Waals surface area contributed by atoms with Gasteiger partial charge in [0, 0.05) is 12.0 Å². The highest BCUT2D eigenvalue weighted by Gasteiger charge is 2.23. The topological polar surface area (TPSA) is 97.9 Å². The molecule has 27 heavy (non-hydrogen) atoms. The summed E-state index contributed by atoms with van der Waals surface area (Å²) in [4.78, 5) is 12.5. The van der Waals surface area contributed by atoms with Crippen LogP contribution in [0.5, 0.6) is 0 Å². The number of hydrogen-bond acceptors (Lipinski definition) is 6. The van der Waals surface area contributed by atoms with E-state index < -0.39 is 0 Å². The zero-order valence-electron chi connectivity index (χ0n) is 16.2. The fourth-order valence-electron chi connectivity index (χ4n) is 3.51. The zero-order chi connectivity index (χ0) is 18.5. The second-order valence-corrected chi connectivity index (χ2v) is 6.86. The van der Waals surface area contributed by atoms with Crippen LogP contribution in [0.1, 0.15) is 79.1 Å². The summed E-state index contributed by atoms with van der Waals surface area (Å²) in [5.41, 5.74) is 2.14. The standard InChI is InChI=1S/C18H28N6O2.ClH/c1-4-13(5-2)16-10-15(26-22-16)11-20-18(25)17-12(3)24(23-21-17)14-6-8-19-9-7-14;/h10,13-14,19H,4-9,11H2,1-3H3,(H,20,25);1H. The molecule has 3 heterocycles. The van der Waals surface area contributed by atoms with Gasteiger partial charge in [-0.1, -0.05) is 24.2 Å². The maximum atomic E-state index is 12.5. The SMILES string of the molecule is CCC(CC)c1cc(CNC(=O)c2nnn(C3CCNCC3)c2C)on1.Cl. The molecule has 3 rings (SSSR count). The lowest BCUT2D eigenvalue weighted by Crippen LogP contribution is -2.30. The molecular formula is C18H29ClN6O2. The molecule has 150 valence electrons. The lowest BCUT2D eigenvalue weighted by Gasteiger charge is -2.23. The predicted octanol–water partition coefficient (Wildman–Crippen LogP) is 2.75. The fraction of sp³-hybridized carbons (Fsp3) is 0.667. The molecule has 0 aromatic carbocycles. The van der Waals surface area contributed by atoms with E-state index in [1.165, 1.54) is 0 Å². The highest BCUT2D eigenvalue weighted by Crippen LogP contribution is 2.23. The third-order valence-corrected chi connectivity index (χ3v) is 5.20. The molecule has 9 heteroatoms. The van der Waals surface area contributed by atoms with Gasteiger partial charge >= 0.3 is 0 Å². The van der Waals surface area contributed by atoms with Gasteiger partial charge in [0.2, 0.25) is 0 Å². The molecule has 0 bridgehead atoms. The van der Waals surface area contributed by atoms with E-state index in [0.29, 0.717) is 30.0 Å². The van der Waals surface area contributed by atoms with E-state index in [1.54, 1.807) is 0 Å². The van der Waals surface area contributed by atoms with Gasteiger partial charge in [-0.2, -0.15) is 0 Å². The quantitative estimate of drug-likeness (QED) is 0.746. The van der Waals surface area contributed by atoms with Gasteiger partial charge in [0.15, 0.2) is 11.5 Å². The first-order chi connectivity index (χ1) is 12.6. The summed E-state index contributed by atoms with van der Waals surface area (Å²) in [6.45, 7) is 8.41. The van der Waals surface area contributed by atoms with Crippen molar-refractivity contribution in [1.29, 1.82) is 0 Å². The van der Waals surface area contributed by atoms with E-state index in [9.17, 15) is 4.79 Å². The minimum absolute atomic E-state index is 0. The van der Waals surface area contributed by atoms with Gasteiger partial charge in [-0.15, -0.1) is 17.5 Å². The van der Waals surface area contributed by atoms with Crippen molar-refractivity contribution in [2.45, 2.75) is 65.0 Å². The van der Waals surface area contributed by atoms with Crippen LogP contribution in [0, 0.1) is 6.92 Å². The number of carbonyl (C=O) groups excluding carboxylic acids is 1. The number of hydrogen-bond donors (Lipinski definition) is 2. The second kappa shape index (κ2) is 9.85. The molecule has 1 aliphatic rings. The molecule has 0 saturated carbocycles. The van der Waals surface area contributed by atoms with Crippen LogP contribution in [0.3, 0.4) is 0 Å². The monoisotopic (exact) mass is 396 g/mol. The van der Waals surface area contributed by atoms with Gasteiger partial charge in [0.25, 0.3) is 5.91 Å². The number of nitrogens with one attached hydrogen (secondary N) is 2. The Morgan fingerprint density at radius 2 is 2.07 bits per heavy atom. The van der Waals surface area contributed by atoms with E-state index in [4.69, 9.17) is 4.52 Å². The van der Waals surface area contributed by atoms with Gasteiger partial charge in [0.1, 0.15) is 0 Å². The van der Waals surface area contributed by atoms with Crippen LogP contribution in [-0.2, 0) is 6.54 Å². The molecule has 0 unspecified atom stereocenters. The molecule has 2 aromatic rings. The molecule has 1 aliphatic heterocycles. The van der Waals surface area contributed by atoms with Crippen molar-refractivity contribution in [3.63, 3.8) is 0 Å². The summed E-state index contributed by atoms with van der Waals surface area (Å²) >= 11 is 0. The van der Waals surface area contributed by atoms with Gasteiger partial charge in [-0.25, -0.2) is 4.68 Å². The van der Waals surface area contributed by atoms with Crippen molar-refractivity contribution >= 4 is 18.3 Å². The van der Waals surface area contributed by atoms with E-state index in [1.807, 2.05) is 17.7 Å². The molecule has 2 aromatic heterocycles. The molecule has 8 nitrogen and oxygen atoms in total. The molecule has 0 radical (unpaired) electrons. The van der Waals surface area contributed by atoms with Crippen LogP contribution in [0.25, 0.3) is 0 Å². The lowest BCUT2D eigenvalue weighted by atomic mass is 9.99. The summed E-state index contributed by atoms with van der Waals surface area (Å²) < 4.78 is 7.24. The first-order valence-electron chi connectivity index (χ1n) is 9.50. The Bertz CT molecular complexity index is 734. The highest BCUT2D eigenvalue weighted by atomic mass is 35.5. The smallest absolute Gasteiger partial charge is 0.274 e. The van der Waals surface area contributed by atoms with Crippen LogP contribution in [0.15, 0.2) is 10.6 Å². The van der Waals surface area contributed by atoms with Crippen LogP contribution in [0.2, 0.25) is 0 Å². The fourth-order valence-corrected chi connectivity index (χ4v) is 3.51. The first-order valence-corrected chi connectivity index (χ1v) is 9.50. The number of amides is 1. The van der Waals surface area contributed by atoms with Crippen molar-refractivity contribution in [3.05, 3.63) is 28.9 Å². The van der Waals surface area contributed by atoms with E-state index in [-0.39, 0.29) is 18.3 Å². The molecule has 2 N–H and O–H groups in total. The average Bonchev–Trinajstić information content (AvgIpc) is 3.28. The Morgan fingerprint density at radius 1 is 1.37 bits per heavy atom. The summed E-state index contributed by atoms with van der Waals surface area (Å²) in [7, 11) is 0. The van der Waals surface area contributed by atoms with Crippen LogP contribution < -0.4 is 10.6 Å². The Hall–Kier alpha value is -1.93. The zero-order valence-corrected chi connectivity index (χ0v) is 17.0. The van der Waals surface area contributed by atoms with Gasteiger partial charge < -0.3 is 15.2 Å². The molecule has 1 saturated heterocycles. The molecule has 1 fully saturated rings. The van der Waals surface area contributed by atoms with Crippen molar-refractivity contribution in [2.75, 3.05) is 13.1 Å². The maximum Gasteiger partial charge on any atom is 0.274 e. The second-order valence-electron chi connectivity index (χ2n) is 6.86. The van der Waals surface area contributed by atoms with Crippen molar-refractivity contribution in [2.24, 2.45) is 0 Å². The van der Waals surface area contributed by atoms with Crippen LogP contribution in [-0.4, -0.2) is 39.1 Å². The van der Waals surface area contributed by atoms with Crippen molar-refractivity contribution < 1.29 is 9.32 Å². The molecule has 0 spiro atoms. The number of halogens is 1. The molecule has 1 amide bonds. The van der Waals surface area contributed by atoms with Crippen molar-refractivity contribution in [1.82, 2.24) is 30.8 Å². The minimum atomic E-state index is -0.233. The minimum Gasteiger partial charge on any atom is -0.359 e. The number of carbonyl (C=O) groups is 1. The first kappa shape index (κ1) is 21.4. The van der Waals surface area contributed by atoms with Crippen LogP contribution in [0.4, 0.5) is 0 Å². The van der Waals surface area contributed by atoms with Crippen molar-refractivity contribution in [3.8, 4) is 0 Å². The number of aromatic nitrogens is 4. The third-order valence-electron chi connectivity index (χ3n) is 5.20. The van der Waals surface area contributed by atoms with E-state index in [0.717, 1.165) is 50.2 Å². The van der Waals surface area contributed by atoms with Gasteiger partial charge in [-0.05, 0) is 45.7 Å². The number of rotatable bonds is 7. The largest absolute Gasteiger partial charge is 0.359 e. The Morgan fingerprint density at radius 3 is 2.74 bits per heavy atom. The molecule has 0 aliphatic carbocycles. The normalized spacial score (nSPS) is 15.0. The maximum absolute atomic E-state index is 12.5. The van der Waals surface area contributed by atoms with E-state index in [2.05, 4.69) is 39.9 Å². The number of nitrogens with zero attached hydrogens (tertiary/aromatic N) is 4. The molecular weight excluding hydrogens is 368 g/mol. The Labute approximate surface area is 165 Å². The number of piperidine rings is 1. The Balaban J connectivity index is 0.00000261. The highest BCUT2D eigenvalue weighted by molar-refractivity contribution is 5.93. The van der Waals surface area contributed by atoms with Crippen LogP contribution >= 0.6 is 12.4 Å². The molecule has 0 atom stereocenters. The Kier molecular flexibility index (Phi) is 7.79. The van der Waals surface area contributed by atoms with Gasteiger partial charge in [0.05, 0.1) is 24.0 Å².